The van der Waals surface area contributed by atoms with Gasteiger partial charge in [-0.3, -0.25) is 4.79 Å². The van der Waals surface area contributed by atoms with E-state index in [1.165, 1.54) is 0 Å². The first-order chi connectivity index (χ1) is 3.18. The van der Waals surface area contributed by atoms with Crippen molar-refractivity contribution in [3.63, 3.8) is 0 Å². The molecule has 40 valence electrons. The van der Waals surface area contributed by atoms with Crippen LogP contribution in [0.3, 0.4) is 0 Å². The van der Waals surface area contributed by atoms with Gasteiger partial charge in [0.05, 0.1) is 0 Å². The third-order valence-electron chi connectivity index (χ3n) is 0.432. The fourth-order valence-electron chi connectivity index (χ4n) is 0.0582. The molecule has 0 heterocycles. The Morgan fingerprint density at radius 1 is 1.86 bits per heavy atom. The maximum atomic E-state index is 9.57. The van der Waals surface area contributed by atoms with Crippen molar-refractivity contribution < 1.29 is 14.7 Å². The Kier molecular flexibility index (Phi) is 2.01. The first-order valence-corrected chi connectivity index (χ1v) is 1.62. The van der Waals surface area contributed by atoms with E-state index < -0.39 is 12.0 Å². The van der Waals surface area contributed by atoms with E-state index in [4.69, 9.17) is 5.11 Å². The van der Waals surface area contributed by atoms with Crippen molar-refractivity contribution in [3.8, 4) is 0 Å². The predicted molar refractivity (Wildman–Crippen MR) is 21.7 cm³/mol. The zero-order valence-corrected chi connectivity index (χ0v) is 3.50. The van der Waals surface area contributed by atoms with Crippen LogP contribution in [0.5, 0.6) is 0 Å². The Morgan fingerprint density at radius 2 is 2.29 bits per heavy atom. The van der Waals surface area contributed by atoms with Gasteiger partial charge < -0.3 is 15.6 Å². The van der Waals surface area contributed by atoms with Crippen LogP contribution in [-0.4, -0.2) is 23.4 Å². The molecule has 0 aliphatic heterocycles. The van der Waals surface area contributed by atoms with Gasteiger partial charge in [0.15, 0.2) is 6.04 Å². The molecule has 0 spiro atoms. The number of carboxylic acid groups (broad SMARTS) is 1. The first kappa shape index (κ1) is 6.10. The average Bonchev–Trinajstić information content (AvgIpc) is 1.65. The molecule has 4 nitrogen and oxygen atoms in total. The molecule has 0 aromatic heterocycles. The lowest BCUT2D eigenvalue weighted by molar-refractivity contribution is -0.139. The summed E-state index contributed by atoms with van der Waals surface area (Å²) in [5, 5.41) is 7.83. The largest absolute Gasteiger partial charge is 0.480 e. The number of carbonyl (C=O) groups excluding carboxylic acids is 1. The molecule has 0 aromatic carbocycles. The Bertz CT molecular complexity index is 90.2. The van der Waals surface area contributed by atoms with Gasteiger partial charge >= 0.3 is 5.97 Å². The molecule has 1 unspecified atom stereocenters. The molecule has 0 rings (SSSR count). The highest BCUT2D eigenvalue weighted by Gasteiger charge is 2.06. The predicted octanol–water partition coefficient (Wildman–Crippen LogP) is -1.40. The zero-order valence-electron chi connectivity index (χ0n) is 3.50. The SMILES string of the molecule is NC(C=O)C(=O)O. The topological polar surface area (TPSA) is 80.4 Å². The summed E-state index contributed by atoms with van der Waals surface area (Å²) >= 11 is 0. The quantitative estimate of drug-likeness (QED) is 0.332. The summed E-state index contributed by atoms with van der Waals surface area (Å²) in [5.74, 6) is -1.30. The fraction of sp³-hybridized carbons (Fsp3) is 0.333. The third kappa shape index (κ3) is 1.88. The maximum Gasteiger partial charge on any atom is 0.327 e. The van der Waals surface area contributed by atoms with Crippen LogP contribution in [0, 0.1) is 0 Å². The lowest BCUT2D eigenvalue weighted by atomic mass is 10.4. The van der Waals surface area contributed by atoms with Crippen molar-refractivity contribution in [3.05, 3.63) is 0 Å². The van der Waals surface area contributed by atoms with Crippen LogP contribution in [-0.2, 0) is 9.59 Å². The summed E-state index contributed by atoms with van der Waals surface area (Å²) in [6, 6.07) is -1.36. The van der Waals surface area contributed by atoms with Crippen LogP contribution < -0.4 is 5.73 Å². The summed E-state index contributed by atoms with van der Waals surface area (Å²) in [5.41, 5.74) is 4.65. The molecule has 0 fully saturated rings. The maximum absolute atomic E-state index is 9.57. The van der Waals surface area contributed by atoms with E-state index in [-0.39, 0.29) is 6.29 Å². The van der Waals surface area contributed by atoms with Gasteiger partial charge in [0.1, 0.15) is 6.29 Å². The van der Waals surface area contributed by atoms with Gasteiger partial charge in [-0.2, -0.15) is 0 Å². The fourth-order valence-corrected chi connectivity index (χ4v) is 0.0582. The smallest absolute Gasteiger partial charge is 0.327 e. The van der Waals surface area contributed by atoms with Gasteiger partial charge in [0.2, 0.25) is 0 Å². The van der Waals surface area contributed by atoms with Gasteiger partial charge in [0.25, 0.3) is 0 Å². The second kappa shape index (κ2) is 2.30. The standard InChI is InChI=1S/C3H5NO3/c4-2(1-5)3(6)7/h1-2H,4H2,(H,6,7). The van der Waals surface area contributed by atoms with Crippen LogP contribution in [0.4, 0.5) is 0 Å². The second-order valence-electron chi connectivity index (χ2n) is 1.00. The van der Waals surface area contributed by atoms with Crippen molar-refractivity contribution in [1.29, 1.82) is 0 Å². The van der Waals surface area contributed by atoms with Gasteiger partial charge in [0, 0.05) is 0 Å². The second-order valence-corrected chi connectivity index (χ2v) is 1.00. The molecule has 7 heavy (non-hydrogen) atoms. The van der Waals surface area contributed by atoms with Gasteiger partial charge in [-0.1, -0.05) is 0 Å². The third-order valence-corrected chi connectivity index (χ3v) is 0.432. The van der Waals surface area contributed by atoms with Crippen molar-refractivity contribution in [1.82, 2.24) is 0 Å². The molecule has 0 bridgehead atoms. The normalized spacial score (nSPS) is 12.7. The van der Waals surface area contributed by atoms with Crippen LogP contribution >= 0.6 is 0 Å². The van der Waals surface area contributed by atoms with E-state index in [9.17, 15) is 9.59 Å². The van der Waals surface area contributed by atoms with Crippen molar-refractivity contribution in [2.45, 2.75) is 6.04 Å². The molecule has 3 N–H and O–H groups in total. The number of aldehydes is 1. The molecule has 0 aliphatic rings. The van der Waals surface area contributed by atoms with E-state index in [0.29, 0.717) is 0 Å². The van der Waals surface area contributed by atoms with Crippen LogP contribution in [0.2, 0.25) is 0 Å². The molecule has 0 saturated heterocycles. The Hall–Kier alpha value is -0.900. The highest BCUT2D eigenvalue weighted by Crippen LogP contribution is 1.65. The Labute approximate surface area is 39.9 Å². The molecular formula is C3H5NO3. The van der Waals surface area contributed by atoms with E-state index in [1.807, 2.05) is 0 Å². The number of aliphatic carboxylic acids is 1. The lowest BCUT2D eigenvalue weighted by Gasteiger charge is -1.89. The molecule has 1 atom stereocenters. The van der Waals surface area contributed by atoms with Crippen molar-refractivity contribution in [2.75, 3.05) is 0 Å². The van der Waals surface area contributed by atoms with Gasteiger partial charge in [-0.25, -0.2) is 0 Å². The summed E-state index contributed by atoms with van der Waals surface area (Å²) in [6.07, 6.45) is 0.169. The minimum Gasteiger partial charge on any atom is -0.480 e. The summed E-state index contributed by atoms with van der Waals surface area (Å²) in [7, 11) is 0. The number of hydrogen-bond donors (Lipinski definition) is 2. The average molecular weight is 103 g/mol. The highest BCUT2D eigenvalue weighted by molar-refractivity contribution is 5.90. The molecule has 4 heteroatoms. The Balaban J connectivity index is 3.55. The monoisotopic (exact) mass is 103 g/mol. The molecule has 0 aromatic rings. The number of carbonyl (C=O) groups is 2. The zero-order chi connectivity index (χ0) is 5.86. The van der Waals surface area contributed by atoms with Gasteiger partial charge in [-0.05, 0) is 0 Å². The minimum absolute atomic E-state index is 0.169. The minimum atomic E-state index is -1.36. The van der Waals surface area contributed by atoms with E-state index in [0.717, 1.165) is 0 Å². The summed E-state index contributed by atoms with van der Waals surface area (Å²) in [4.78, 5) is 19.0. The Morgan fingerprint density at radius 3 is 2.29 bits per heavy atom. The molecular weight excluding hydrogens is 98.0 g/mol. The molecule has 0 radical (unpaired) electrons. The summed E-state index contributed by atoms with van der Waals surface area (Å²) in [6.45, 7) is 0. The van der Waals surface area contributed by atoms with Crippen LogP contribution in [0.25, 0.3) is 0 Å². The van der Waals surface area contributed by atoms with E-state index in [2.05, 4.69) is 5.73 Å². The first-order valence-electron chi connectivity index (χ1n) is 1.62. The highest BCUT2D eigenvalue weighted by atomic mass is 16.4. The lowest BCUT2D eigenvalue weighted by Crippen LogP contribution is -2.31. The van der Waals surface area contributed by atoms with Crippen LogP contribution in [0.1, 0.15) is 0 Å². The van der Waals surface area contributed by atoms with E-state index in [1.54, 1.807) is 0 Å². The molecule has 0 saturated carbocycles. The van der Waals surface area contributed by atoms with E-state index >= 15 is 0 Å². The summed E-state index contributed by atoms with van der Waals surface area (Å²) < 4.78 is 0. The van der Waals surface area contributed by atoms with Crippen LogP contribution in [0.15, 0.2) is 0 Å². The van der Waals surface area contributed by atoms with Crippen molar-refractivity contribution in [2.24, 2.45) is 5.73 Å². The molecule has 0 aliphatic carbocycles. The van der Waals surface area contributed by atoms with Crippen molar-refractivity contribution >= 4 is 12.3 Å². The van der Waals surface area contributed by atoms with Gasteiger partial charge in [-0.15, -0.1) is 0 Å². The number of carboxylic acids is 1. The molecule has 0 amide bonds. The number of hydrogen-bond acceptors (Lipinski definition) is 3. The number of nitrogens with two attached hydrogens (primary N) is 1. The number of rotatable bonds is 2.